The lowest BCUT2D eigenvalue weighted by atomic mass is 10.1. The van der Waals surface area contributed by atoms with E-state index in [1.807, 2.05) is 30.3 Å². The number of phenolic OH excluding ortho intramolecular Hbond substituents is 1. The third-order valence-corrected chi connectivity index (χ3v) is 2.22. The van der Waals surface area contributed by atoms with Crippen molar-refractivity contribution in [2.45, 2.75) is 6.42 Å². The first-order valence-electron chi connectivity index (χ1n) is 4.88. The molecule has 0 unspecified atom stereocenters. The molecule has 0 bridgehead atoms. The van der Waals surface area contributed by atoms with E-state index in [1.165, 1.54) is 0 Å². The van der Waals surface area contributed by atoms with Crippen molar-refractivity contribution in [2.75, 3.05) is 0 Å². The number of fused-ring (bicyclic) bond motifs is 1. The minimum absolute atomic E-state index is 0.244. The van der Waals surface area contributed by atoms with Gasteiger partial charge in [0.15, 0.2) is 0 Å². The average Bonchev–Trinajstić information content (AvgIpc) is 2.29. The van der Waals surface area contributed by atoms with Gasteiger partial charge in [0.2, 0.25) is 0 Å². The van der Waals surface area contributed by atoms with Crippen molar-refractivity contribution >= 4 is 10.8 Å². The topological polar surface area (TPSA) is 44.0 Å². The van der Waals surface area contributed by atoms with Crippen LogP contribution in [0.25, 0.3) is 10.8 Å². The summed E-state index contributed by atoms with van der Waals surface area (Å²) < 4.78 is 0. The summed E-state index contributed by atoms with van der Waals surface area (Å²) in [5.41, 5.74) is 0.883. The summed E-state index contributed by atoms with van der Waals surface area (Å²) >= 11 is 0. The molecule has 2 aromatic carbocycles. The molecule has 0 aliphatic rings. The molecule has 0 aliphatic carbocycles. The predicted octanol–water partition coefficient (Wildman–Crippen LogP) is 2.81. The van der Waals surface area contributed by atoms with Gasteiger partial charge in [-0.2, -0.15) is 5.26 Å². The lowest BCUT2D eigenvalue weighted by Crippen LogP contribution is -1.77. The van der Waals surface area contributed by atoms with Crippen LogP contribution in [0.2, 0.25) is 0 Å². The smallest absolute Gasteiger partial charge is 0.116 e. The van der Waals surface area contributed by atoms with E-state index in [0.717, 1.165) is 16.3 Å². The summed E-state index contributed by atoms with van der Waals surface area (Å²) in [6, 6.07) is 12.9. The maximum Gasteiger partial charge on any atom is 0.116 e. The van der Waals surface area contributed by atoms with Crippen LogP contribution in [0.5, 0.6) is 5.75 Å². The molecule has 2 aromatic rings. The second-order valence-electron chi connectivity index (χ2n) is 3.38. The molecule has 76 valence electrons. The van der Waals surface area contributed by atoms with E-state index in [2.05, 4.69) is 11.8 Å². The van der Waals surface area contributed by atoms with Crippen molar-refractivity contribution < 1.29 is 5.11 Å². The van der Waals surface area contributed by atoms with Gasteiger partial charge in [-0.15, -0.1) is 0 Å². The molecule has 16 heavy (non-hydrogen) atoms. The van der Waals surface area contributed by atoms with Crippen molar-refractivity contribution in [1.29, 1.82) is 5.26 Å². The summed E-state index contributed by atoms with van der Waals surface area (Å²) in [5.74, 6) is 5.94. The first-order valence-corrected chi connectivity index (χ1v) is 4.88. The van der Waals surface area contributed by atoms with E-state index in [9.17, 15) is 5.11 Å². The SMILES string of the molecule is N#CCC#Cc1ccc2cc(O)ccc2c1. The number of phenols is 1. The van der Waals surface area contributed by atoms with Gasteiger partial charge in [0.1, 0.15) is 5.75 Å². The number of nitriles is 1. The van der Waals surface area contributed by atoms with E-state index in [4.69, 9.17) is 5.26 Å². The molecule has 1 N–H and O–H groups in total. The maximum atomic E-state index is 9.31. The molecule has 2 rings (SSSR count). The fraction of sp³-hybridized carbons (Fsp3) is 0.0714. The Kier molecular flexibility index (Phi) is 2.76. The Bertz CT molecular complexity index is 626. The van der Waals surface area contributed by atoms with Crippen molar-refractivity contribution in [3.05, 3.63) is 42.0 Å². The molecule has 0 saturated carbocycles. The van der Waals surface area contributed by atoms with Gasteiger partial charge in [-0.25, -0.2) is 0 Å². The summed E-state index contributed by atoms with van der Waals surface area (Å²) in [5, 5.41) is 19.7. The van der Waals surface area contributed by atoms with Gasteiger partial charge in [0.25, 0.3) is 0 Å². The van der Waals surface area contributed by atoms with Crippen molar-refractivity contribution in [1.82, 2.24) is 0 Å². The number of aromatic hydroxyl groups is 1. The third-order valence-electron chi connectivity index (χ3n) is 2.22. The standard InChI is InChI=1S/C14H9NO/c15-8-2-1-3-11-4-5-13-10-14(16)7-6-12(13)9-11/h4-7,9-10,16H,2H2. The van der Waals surface area contributed by atoms with Crippen LogP contribution < -0.4 is 0 Å². The van der Waals surface area contributed by atoms with Crippen molar-refractivity contribution in [3.63, 3.8) is 0 Å². The summed E-state index contributed by atoms with van der Waals surface area (Å²) in [6.45, 7) is 0. The average molecular weight is 207 g/mol. The minimum Gasteiger partial charge on any atom is -0.508 e. The van der Waals surface area contributed by atoms with Crippen LogP contribution in [0.1, 0.15) is 12.0 Å². The molecule has 0 amide bonds. The monoisotopic (exact) mass is 207 g/mol. The van der Waals surface area contributed by atoms with Crippen LogP contribution >= 0.6 is 0 Å². The Hall–Kier alpha value is -2.45. The summed E-state index contributed by atoms with van der Waals surface area (Å²) in [7, 11) is 0. The zero-order valence-electron chi connectivity index (χ0n) is 8.57. The number of hydrogen-bond donors (Lipinski definition) is 1. The molecule has 2 heteroatoms. The second kappa shape index (κ2) is 4.38. The first kappa shape index (κ1) is 10.1. The van der Waals surface area contributed by atoms with Gasteiger partial charge in [-0.3, -0.25) is 0 Å². The Labute approximate surface area is 93.8 Å². The van der Waals surface area contributed by atoms with Gasteiger partial charge in [-0.05, 0) is 35.0 Å². The van der Waals surface area contributed by atoms with Crippen LogP contribution in [0.15, 0.2) is 36.4 Å². The molecular formula is C14H9NO. The molecule has 0 heterocycles. The largest absolute Gasteiger partial charge is 0.508 e. The van der Waals surface area contributed by atoms with Crippen molar-refractivity contribution in [3.8, 4) is 23.7 Å². The van der Waals surface area contributed by atoms with E-state index < -0.39 is 0 Å². The fourth-order valence-corrected chi connectivity index (χ4v) is 1.50. The van der Waals surface area contributed by atoms with E-state index in [1.54, 1.807) is 12.1 Å². The van der Waals surface area contributed by atoms with Crippen LogP contribution in [0, 0.1) is 23.2 Å². The molecular weight excluding hydrogens is 198 g/mol. The quantitative estimate of drug-likeness (QED) is 0.675. The van der Waals surface area contributed by atoms with Crippen molar-refractivity contribution in [2.24, 2.45) is 0 Å². The van der Waals surface area contributed by atoms with Gasteiger partial charge >= 0.3 is 0 Å². The van der Waals surface area contributed by atoms with E-state index in [-0.39, 0.29) is 12.2 Å². The minimum atomic E-state index is 0.244. The molecule has 0 aliphatic heterocycles. The predicted molar refractivity (Wildman–Crippen MR) is 62.7 cm³/mol. The van der Waals surface area contributed by atoms with Crippen LogP contribution in [-0.2, 0) is 0 Å². The van der Waals surface area contributed by atoms with Gasteiger partial charge in [0, 0.05) is 5.56 Å². The Morgan fingerprint density at radius 1 is 1.06 bits per heavy atom. The highest BCUT2D eigenvalue weighted by molar-refractivity contribution is 5.85. The first-order chi connectivity index (χ1) is 7.79. The Morgan fingerprint density at radius 2 is 1.81 bits per heavy atom. The highest BCUT2D eigenvalue weighted by Crippen LogP contribution is 2.20. The maximum absolute atomic E-state index is 9.31. The van der Waals surface area contributed by atoms with E-state index >= 15 is 0 Å². The number of benzene rings is 2. The molecule has 0 aromatic heterocycles. The second-order valence-corrected chi connectivity index (χ2v) is 3.38. The van der Waals surface area contributed by atoms with Crippen LogP contribution in [-0.4, -0.2) is 5.11 Å². The Balaban J connectivity index is 2.43. The number of rotatable bonds is 0. The van der Waals surface area contributed by atoms with E-state index in [0.29, 0.717) is 0 Å². The summed E-state index contributed by atoms with van der Waals surface area (Å²) in [4.78, 5) is 0. The summed E-state index contributed by atoms with van der Waals surface area (Å²) in [6.07, 6.45) is 0.244. The van der Waals surface area contributed by atoms with Crippen LogP contribution in [0.4, 0.5) is 0 Å². The highest BCUT2D eigenvalue weighted by Gasteiger charge is 1.95. The molecule has 0 spiro atoms. The normalized spacial score (nSPS) is 9.19. The molecule has 0 radical (unpaired) electrons. The highest BCUT2D eigenvalue weighted by atomic mass is 16.3. The molecule has 2 nitrogen and oxygen atoms in total. The Morgan fingerprint density at radius 3 is 2.62 bits per heavy atom. The van der Waals surface area contributed by atoms with Gasteiger partial charge in [0.05, 0.1) is 12.5 Å². The van der Waals surface area contributed by atoms with Gasteiger partial charge in [-0.1, -0.05) is 24.0 Å². The van der Waals surface area contributed by atoms with Crippen LogP contribution in [0.3, 0.4) is 0 Å². The number of hydrogen-bond acceptors (Lipinski definition) is 2. The number of nitrogens with zero attached hydrogens (tertiary/aromatic N) is 1. The molecule has 0 atom stereocenters. The zero-order chi connectivity index (χ0) is 11.4. The lowest BCUT2D eigenvalue weighted by molar-refractivity contribution is 0.476. The molecule has 0 saturated heterocycles. The third kappa shape index (κ3) is 2.13. The fourth-order valence-electron chi connectivity index (χ4n) is 1.50. The molecule has 0 fully saturated rings. The zero-order valence-corrected chi connectivity index (χ0v) is 8.57. The lowest BCUT2D eigenvalue weighted by Gasteiger charge is -1.99. The van der Waals surface area contributed by atoms with Gasteiger partial charge < -0.3 is 5.11 Å².